The lowest BCUT2D eigenvalue weighted by atomic mass is 10.1. The molecule has 5 heteroatoms. The van der Waals surface area contributed by atoms with Gasteiger partial charge in [0, 0.05) is 18.0 Å². The van der Waals surface area contributed by atoms with Gasteiger partial charge in [0.05, 0.1) is 18.7 Å². The first-order valence-corrected chi connectivity index (χ1v) is 8.31. The van der Waals surface area contributed by atoms with Gasteiger partial charge in [0.1, 0.15) is 5.75 Å². The van der Waals surface area contributed by atoms with Crippen molar-refractivity contribution >= 4 is 5.91 Å². The average Bonchev–Trinajstić information content (AvgIpc) is 2.69. The quantitative estimate of drug-likeness (QED) is 0.769. The summed E-state index contributed by atoms with van der Waals surface area (Å²) >= 11 is 0. The van der Waals surface area contributed by atoms with Crippen molar-refractivity contribution < 1.29 is 9.53 Å². The monoisotopic (exact) mass is 348 g/mol. The zero-order chi connectivity index (χ0) is 18.5. The van der Waals surface area contributed by atoms with Crippen LogP contribution in [0.4, 0.5) is 0 Å². The van der Waals surface area contributed by atoms with E-state index in [4.69, 9.17) is 4.74 Å². The standard InChI is InChI=1S/C21H20N2O3/c1-15(16-6-4-3-5-7-16)22-21(25)17-8-13-20(24)23(14-17)18-9-11-19(26-2)12-10-18/h3-15H,1-2H3,(H,22,25). The van der Waals surface area contributed by atoms with Gasteiger partial charge in [-0.1, -0.05) is 30.3 Å². The topological polar surface area (TPSA) is 60.3 Å². The maximum absolute atomic E-state index is 12.6. The second-order valence-corrected chi connectivity index (χ2v) is 5.93. The predicted octanol–water partition coefficient (Wildman–Crippen LogP) is 3.34. The maximum Gasteiger partial charge on any atom is 0.255 e. The van der Waals surface area contributed by atoms with Gasteiger partial charge in [-0.25, -0.2) is 0 Å². The normalized spacial score (nSPS) is 11.6. The number of carbonyl (C=O) groups excluding carboxylic acids is 1. The maximum atomic E-state index is 12.6. The number of methoxy groups -OCH3 is 1. The molecule has 3 aromatic rings. The molecular weight excluding hydrogens is 328 g/mol. The van der Waals surface area contributed by atoms with Gasteiger partial charge in [-0.15, -0.1) is 0 Å². The van der Waals surface area contributed by atoms with Crippen molar-refractivity contribution in [2.24, 2.45) is 0 Å². The second-order valence-electron chi connectivity index (χ2n) is 5.93. The average molecular weight is 348 g/mol. The molecule has 1 atom stereocenters. The van der Waals surface area contributed by atoms with Crippen LogP contribution < -0.4 is 15.6 Å². The van der Waals surface area contributed by atoms with Gasteiger partial charge < -0.3 is 10.1 Å². The minimum Gasteiger partial charge on any atom is -0.497 e. The number of amides is 1. The van der Waals surface area contributed by atoms with Crippen LogP contribution in [0.5, 0.6) is 5.75 Å². The Labute approximate surface area is 151 Å². The molecule has 0 saturated heterocycles. The minimum atomic E-state index is -0.233. The molecule has 1 unspecified atom stereocenters. The summed E-state index contributed by atoms with van der Waals surface area (Å²) in [6.07, 6.45) is 1.55. The van der Waals surface area contributed by atoms with E-state index < -0.39 is 0 Å². The summed E-state index contributed by atoms with van der Waals surface area (Å²) in [6, 6.07) is 19.6. The van der Waals surface area contributed by atoms with Crippen LogP contribution >= 0.6 is 0 Å². The van der Waals surface area contributed by atoms with Crippen molar-refractivity contribution in [2.45, 2.75) is 13.0 Å². The molecule has 3 rings (SSSR count). The van der Waals surface area contributed by atoms with Gasteiger partial charge in [-0.3, -0.25) is 14.2 Å². The lowest BCUT2D eigenvalue weighted by Gasteiger charge is -2.15. The van der Waals surface area contributed by atoms with Gasteiger partial charge in [-0.2, -0.15) is 0 Å². The van der Waals surface area contributed by atoms with E-state index in [2.05, 4.69) is 5.32 Å². The molecule has 0 fully saturated rings. The number of pyridine rings is 1. The molecular formula is C21H20N2O3. The van der Waals surface area contributed by atoms with Crippen LogP contribution in [0.3, 0.4) is 0 Å². The van der Waals surface area contributed by atoms with Crippen molar-refractivity contribution in [1.29, 1.82) is 0 Å². The van der Waals surface area contributed by atoms with Crippen LogP contribution in [0.2, 0.25) is 0 Å². The minimum absolute atomic E-state index is 0.134. The Morgan fingerprint density at radius 3 is 2.35 bits per heavy atom. The number of nitrogens with zero attached hydrogens (tertiary/aromatic N) is 1. The molecule has 0 aliphatic heterocycles. The molecule has 26 heavy (non-hydrogen) atoms. The van der Waals surface area contributed by atoms with Crippen molar-refractivity contribution in [3.8, 4) is 11.4 Å². The molecule has 5 nitrogen and oxygen atoms in total. The van der Waals surface area contributed by atoms with E-state index >= 15 is 0 Å². The fraction of sp³-hybridized carbons (Fsp3) is 0.143. The van der Waals surface area contributed by atoms with Crippen LogP contribution in [-0.4, -0.2) is 17.6 Å². The fourth-order valence-electron chi connectivity index (χ4n) is 2.67. The van der Waals surface area contributed by atoms with Gasteiger partial charge in [0.2, 0.25) is 0 Å². The summed E-state index contributed by atoms with van der Waals surface area (Å²) in [4.78, 5) is 24.8. The lowest BCUT2D eigenvalue weighted by molar-refractivity contribution is 0.0939. The number of rotatable bonds is 5. The first-order chi connectivity index (χ1) is 12.6. The number of nitrogens with one attached hydrogen (secondary N) is 1. The molecule has 1 N–H and O–H groups in total. The Morgan fingerprint density at radius 1 is 1.00 bits per heavy atom. The summed E-state index contributed by atoms with van der Waals surface area (Å²) in [6.45, 7) is 1.92. The van der Waals surface area contributed by atoms with E-state index in [0.717, 1.165) is 5.56 Å². The molecule has 0 aliphatic rings. The molecule has 1 aromatic heterocycles. The van der Waals surface area contributed by atoms with Crippen LogP contribution in [0.15, 0.2) is 77.7 Å². The van der Waals surface area contributed by atoms with Gasteiger partial charge >= 0.3 is 0 Å². The third kappa shape index (κ3) is 3.83. The zero-order valence-corrected chi connectivity index (χ0v) is 14.7. The molecule has 1 amide bonds. The summed E-state index contributed by atoms with van der Waals surface area (Å²) in [5, 5.41) is 2.95. The number of aromatic nitrogens is 1. The van der Waals surface area contributed by atoms with Gasteiger partial charge in [0.15, 0.2) is 0 Å². The Kier molecular flexibility index (Phi) is 5.17. The highest BCUT2D eigenvalue weighted by atomic mass is 16.5. The van der Waals surface area contributed by atoms with Crippen molar-refractivity contribution in [3.63, 3.8) is 0 Å². The second kappa shape index (κ2) is 7.70. The molecule has 0 bridgehead atoms. The van der Waals surface area contributed by atoms with E-state index in [-0.39, 0.29) is 17.5 Å². The zero-order valence-electron chi connectivity index (χ0n) is 14.7. The largest absolute Gasteiger partial charge is 0.497 e. The molecule has 132 valence electrons. The van der Waals surface area contributed by atoms with E-state index in [1.807, 2.05) is 37.3 Å². The molecule has 2 aromatic carbocycles. The Balaban J connectivity index is 1.84. The summed E-state index contributed by atoms with van der Waals surface area (Å²) in [7, 11) is 1.58. The molecule has 0 spiro atoms. The highest BCUT2D eigenvalue weighted by molar-refractivity contribution is 5.94. The van der Waals surface area contributed by atoms with Crippen molar-refractivity contribution in [2.75, 3.05) is 7.11 Å². The number of carbonyl (C=O) groups is 1. The molecule has 1 heterocycles. The number of ether oxygens (including phenoxy) is 1. The van der Waals surface area contributed by atoms with Crippen molar-refractivity contribution in [3.05, 3.63) is 94.4 Å². The highest BCUT2D eigenvalue weighted by Crippen LogP contribution is 2.15. The SMILES string of the molecule is COc1ccc(-n2cc(C(=O)NC(C)c3ccccc3)ccc2=O)cc1. The van der Waals surface area contributed by atoms with E-state index in [1.165, 1.54) is 16.7 Å². The van der Waals surface area contributed by atoms with E-state index in [9.17, 15) is 9.59 Å². The first kappa shape index (κ1) is 17.5. The number of hydrogen-bond donors (Lipinski definition) is 1. The van der Waals surface area contributed by atoms with Crippen molar-refractivity contribution in [1.82, 2.24) is 9.88 Å². The van der Waals surface area contributed by atoms with E-state index in [1.54, 1.807) is 37.6 Å². The predicted molar refractivity (Wildman–Crippen MR) is 101 cm³/mol. The smallest absolute Gasteiger partial charge is 0.255 e. The van der Waals surface area contributed by atoms with Crippen LogP contribution in [0, 0.1) is 0 Å². The first-order valence-electron chi connectivity index (χ1n) is 8.31. The third-order valence-electron chi connectivity index (χ3n) is 4.17. The van der Waals surface area contributed by atoms with E-state index in [0.29, 0.717) is 17.0 Å². The summed E-state index contributed by atoms with van der Waals surface area (Å²) in [5.74, 6) is 0.469. The molecule has 0 saturated carbocycles. The van der Waals surface area contributed by atoms with Crippen LogP contribution in [0.25, 0.3) is 5.69 Å². The Hall–Kier alpha value is -3.34. The third-order valence-corrected chi connectivity index (χ3v) is 4.17. The van der Waals surface area contributed by atoms with Gasteiger partial charge in [0.25, 0.3) is 11.5 Å². The molecule has 0 aliphatic carbocycles. The highest BCUT2D eigenvalue weighted by Gasteiger charge is 2.13. The lowest BCUT2D eigenvalue weighted by Crippen LogP contribution is -2.28. The number of benzene rings is 2. The Bertz CT molecular complexity index is 947. The Morgan fingerprint density at radius 2 is 1.69 bits per heavy atom. The fourth-order valence-corrected chi connectivity index (χ4v) is 2.67. The van der Waals surface area contributed by atoms with Gasteiger partial charge in [-0.05, 0) is 42.8 Å². The molecule has 0 radical (unpaired) electrons. The van der Waals surface area contributed by atoms with Crippen LogP contribution in [0.1, 0.15) is 28.9 Å². The summed E-state index contributed by atoms with van der Waals surface area (Å²) < 4.78 is 6.58. The summed E-state index contributed by atoms with van der Waals surface area (Å²) in [5.41, 5.74) is 1.90. The van der Waals surface area contributed by atoms with Crippen LogP contribution in [-0.2, 0) is 0 Å². The number of hydrogen-bond acceptors (Lipinski definition) is 3.